The van der Waals surface area contributed by atoms with E-state index in [9.17, 15) is 4.79 Å². The van der Waals surface area contributed by atoms with Gasteiger partial charge in [-0.2, -0.15) is 4.57 Å². The van der Waals surface area contributed by atoms with Crippen LogP contribution in [0, 0.1) is 0 Å². The highest BCUT2D eigenvalue weighted by Gasteiger charge is 2.24. The van der Waals surface area contributed by atoms with Crippen molar-refractivity contribution >= 4 is 38.7 Å². The summed E-state index contributed by atoms with van der Waals surface area (Å²) in [6, 6.07) is 16.1. The van der Waals surface area contributed by atoms with E-state index in [0.29, 0.717) is 0 Å². The van der Waals surface area contributed by atoms with Crippen LogP contribution in [-0.2, 0) is 7.05 Å². The van der Waals surface area contributed by atoms with E-state index in [0.717, 1.165) is 38.6 Å². The molecule has 0 aliphatic rings. The average molecular weight is 432 g/mol. The van der Waals surface area contributed by atoms with E-state index in [1.807, 2.05) is 37.4 Å². The summed E-state index contributed by atoms with van der Waals surface area (Å²) >= 11 is 0. The number of aromatic nitrogens is 2. The topological polar surface area (TPSA) is 35.1 Å². The second kappa shape index (κ2) is 6.05. The molecule has 0 aliphatic heterocycles. The molecule has 2 heterocycles. The fourth-order valence-electron chi connectivity index (χ4n) is 3.47. The van der Waals surface area contributed by atoms with Gasteiger partial charge in [-0.3, -0.25) is 9.36 Å². The van der Waals surface area contributed by atoms with Crippen LogP contribution >= 0.6 is 0 Å². The standard InChI is InChI=1S/C19H17N2O2.HI/c1-12(22)21-15-9-6-10-17(23-3)18(15)19-16(21)11-13-7-4-5-8-14(13)20(19)2;/h4-11H,1-3H3;1H/q+1;/p-1. The third kappa shape index (κ3) is 2.18. The molecule has 0 fully saturated rings. The van der Waals surface area contributed by atoms with Gasteiger partial charge in [0.25, 0.3) is 0 Å². The molecule has 0 spiro atoms. The van der Waals surface area contributed by atoms with Crippen molar-refractivity contribution in [3.63, 3.8) is 0 Å². The van der Waals surface area contributed by atoms with Crippen molar-refractivity contribution in [1.29, 1.82) is 0 Å². The monoisotopic (exact) mass is 432 g/mol. The molecule has 4 rings (SSSR count). The molecular weight excluding hydrogens is 415 g/mol. The van der Waals surface area contributed by atoms with Gasteiger partial charge in [-0.1, -0.05) is 18.2 Å². The van der Waals surface area contributed by atoms with Crippen molar-refractivity contribution in [2.24, 2.45) is 7.05 Å². The lowest BCUT2D eigenvalue weighted by atomic mass is 10.1. The zero-order chi connectivity index (χ0) is 16.1. The molecule has 2 aromatic carbocycles. The lowest BCUT2D eigenvalue weighted by molar-refractivity contribution is -0.616. The van der Waals surface area contributed by atoms with Gasteiger partial charge < -0.3 is 28.7 Å². The van der Waals surface area contributed by atoms with Gasteiger partial charge in [0.2, 0.25) is 16.9 Å². The number of fused-ring (bicyclic) bond motifs is 4. The first-order chi connectivity index (χ1) is 11.1. The number of nitrogens with zero attached hydrogens (tertiary/aromatic N) is 2. The normalized spacial score (nSPS) is 11.0. The second-order valence-electron chi connectivity index (χ2n) is 5.70. The first-order valence-electron chi connectivity index (χ1n) is 7.53. The van der Waals surface area contributed by atoms with Crippen molar-refractivity contribution in [3.05, 3.63) is 48.5 Å². The number of methoxy groups -OCH3 is 1. The minimum absolute atomic E-state index is 0. The Morgan fingerprint density at radius 3 is 2.54 bits per heavy atom. The summed E-state index contributed by atoms with van der Waals surface area (Å²) in [4.78, 5) is 12.3. The predicted octanol–water partition coefficient (Wildman–Crippen LogP) is 0.445. The maximum atomic E-state index is 12.3. The van der Waals surface area contributed by atoms with Crippen LogP contribution in [-0.4, -0.2) is 17.6 Å². The molecule has 4 nitrogen and oxygen atoms in total. The molecule has 0 radical (unpaired) electrons. The van der Waals surface area contributed by atoms with Crippen LogP contribution in [0.3, 0.4) is 0 Å². The number of rotatable bonds is 1. The Bertz CT molecular complexity index is 1100. The van der Waals surface area contributed by atoms with E-state index in [1.165, 1.54) is 0 Å². The van der Waals surface area contributed by atoms with E-state index in [2.05, 4.69) is 22.8 Å². The molecule has 0 amide bonds. The van der Waals surface area contributed by atoms with E-state index < -0.39 is 0 Å². The molecule has 4 aromatic rings. The van der Waals surface area contributed by atoms with Gasteiger partial charge in [-0.15, -0.1) is 0 Å². The van der Waals surface area contributed by atoms with Gasteiger partial charge in [0.05, 0.1) is 12.6 Å². The first-order valence-corrected chi connectivity index (χ1v) is 7.53. The number of hydrogen-bond acceptors (Lipinski definition) is 2. The summed E-state index contributed by atoms with van der Waals surface area (Å²) in [6.07, 6.45) is 0. The second-order valence-corrected chi connectivity index (χ2v) is 5.70. The van der Waals surface area contributed by atoms with Gasteiger partial charge in [-0.25, -0.2) is 0 Å². The van der Waals surface area contributed by atoms with E-state index >= 15 is 0 Å². The van der Waals surface area contributed by atoms with Crippen molar-refractivity contribution < 1.29 is 38.1 Å². The Morgan fingerprint density at radius 1 is 1.08 bits per heavy atom. The minimum atomic E-state index is -0.00599. The van der Waals surface area contributed by atoms with Crippen LogP contribution in [0.15, 0.2) is 48.5 Å². The molecule has 0 atom stereocenters. The zero-order valence-electron chi connectivity index (χ0n) is 13.7. The van der Waals surface area contributed by atoms with Gasteiger partial charge in [0.15, 0.2) is 0 Å². The number of carbonyl (C=O) groups is 1. The maximum absolute atomic E-state index is 12.3. The van der Waals surface area contributed by atoms with Crippen LogP contribution < -0.4 is 33.3 Å². The number of para-hydroxylation sites is 1. The quantitative estimate of drug-likeness (QED) is 0.324. The smallest absolute Gasteiger partial charge is 0.243 e. The number of ether oxygens (including phenoxy) is 1. The third-order valence-corrected chi connectivity index (χ3v) is 4.43. The van der Waals surface area contributed by atoms with Gasteiger partial charge in [-0.05, 0) is 24.3 Å². The molecule has 122 valence electrons. The predicted molar refractivity (Wildman–Crippen MR) is 91.0 cm³/mol. The molecule has 0 saturated heterocycles. The highest BCUT2D eigenvalue weighted by molar-refractivity contribution is 6.14. The van der Waals surface area contributed by atoms with Crippen molar-refractivity contribution in [3.8, 4) is 5.75 Å². The Morgan fingerprint density at radius 2 is 1.83 bits per heavy atom. The maximum Gasteiger partial charge on any atom is 0.243 e. The summed E-state index contributed by atoms with van der Waals surface area (Å²) in [5.74, 6) is 0.770. The van der Waals surface area contributed by atoms with Crippen molar-refractivity contribution in [1.82, 2.24) is 4.57 Å². The number of aryl methyl sites for hydroxylation is 1. The van der Waals surface area contributed by atoms with Gasteiger partial charge in [0, 0.05) is 18.4 Å². The molecule has 0 aliphatic carbocycles. The SMILES string of the molecule is COc1cccc2c1c1c(cc3ccccc3[n+]1C)n2C(C)=O.[I-]. The Labute approximate surface area is 156 Å². The van der Waals surface area contributed by atoms with Crippen LogP contribution in [0.4, 0.5) is 0 Å². The molecule has 2 aromatic heterocycles. The molecule has 0 saturated carbocycles. The largest absolute Gasteiger partial charge is 1.00 e. The summed E-state index contributed by atoms with van der Waals surface area (Å²) in [7, 11) is 3.69. The van der Waals surface area contributed by atoms with Gasteiger partial charge in [0.1, 0.15) is 23.7 Å². The summed E-state index contributed by atoms with van der Waals surface area (Å²) in [5, 5.41) is 2.07. The number of pyridine rings is 1. The number of carbonyl (C=O) groups excluding carboxylic acids is 1. The van der Waals surface area contributed by atoms with Crippen molar-refractivity contribution in [2.75, 3.05) is 7.11 Å². The lowest BCUT2D eigenvalue weighted by Gasteiger charge is -2.02. The molecule has 24 heavy (non-hydrogen) atoms. The highest BCUT2D eigenvalue weighted by Crippen LogP contribution is 2.34. The summed E-state index contributed by atoms with van der Waals surface area (Å²) in [5.41, 5.74) is 3.90. The molecule has 5 heteroatoms. The molecule has 0 N–H and O–H groups in total. The number of hydrogen-bond donors (Lipinski definition) is 0. The van der Waals surface area contributed by atoms with Crippen LogP contribution in [0.1, 0.15) is 11.7 Å². The summed E-state index contributed by atoms with van der Waals surface area (Å²) in [6.45, 7) is 1.59. The average Bonchev–Trinajstić information content (AvgIpc) is 2.89. The molecule has 0 bridgehead atoms. The van der Waals surface area contributed by atoms with E-state index in [1.54, 1.807) is 18.6 Å². The first kappa shape index (κ1) is 16.7. The molecular formula is C19H17IN2O2. The van der Waals surface area contributed by atoms with E-state index in [-0.39, 0.29) is 29.9 Å². The fourth-order valence-corrected chi connectivity index (χ4v) is 3.47. The van der Waals surface area contributed by atoms with Gasteiger partial charge >= 0.3 is 0 Å². The van der Waals surface area contributed by atoms with Crippen molar-refractivity contribution in [2.45, 2.75) is 6.92 Å². The minimum Gasteiger partial charge on any atom is -1.00 e. The Kier molecular flexibility index (Phi) is 4.21. The third-order valence-electron chi connectivity index (χ3n) is 4.43. The Balaban J connectivity index is 0.00000169. The zero-order valence-corrected chi connectivity index (χ0v) is 15.9. The van der Waals surface area contributed by atoms with Crippen LogP contribution in [0.25, 0.3) is 32.8 Å². The lowest BCUT2D eigenvalue weighted by Crippen LogP contribution is -3.00. The highest BCUT2D eigenvalue weighted by atomic mass is 127. The Hall–Kier alpha value is -2.15. The van der Waals surface area contributed by atoms with Crippen LogP contribution in [0.2, 0.25) is 0 Å². The fraction of sp³-hybridized carbons (Fsp3) is 0.158. The van der Waals surface area contributed by atoms with E-state index in [4.69, 9.17) is 4.74 Å². The number of halogens is 1. The van der Waals surface area contributed by atoms with Crippen LogP contribution in [0.5, 0.6) is 5.75 Å². The summed E-state index contributed by atoms with van der Waals surface area (Å²) < 4.78 is 9.46. The molecule has 0 unspecified atom stereocenters. The number of benzene rings is 2.